The average molecular weight is 1230 g/mol. The van der Waals surface area contributed by atoms with E-state index >= 15 is 0 Å². The van der Waals surface area contributed by atoms with E-state index in [-0.39, 0.29) is 25.3 Å². The summed E-state index contributed by atoms with van der Waals surface area (Å²) in [5.41, 5.74) is 17.2. The van der Waals surface area contributed by atoms with Crippen molar-refractivity contribution in [3.8, 4) is 0 Å². The van der Waals surface area contributed by atoms with Crippen molar-refractivity contribution < 1.29 is 78.0 Å². The first-order valence-corrected chi connectivity index (χ1v) is 28.9. The molecule has 15 atom stereocenters. The molecule has 0 unspecified atom stereocenters. The first-order valence-electron chi connectivity index (χ1n) is 28.9. The highest BCUT2D eigenvalue weighted by Gasteiger charge is 2.39. The number of carboxylic acids is 1. The highest BCUT2D eigenvalue weighted by molar-refractivity contribution is 5.99. The number of amides is 11. The lowest BCUT2D eigenvalue weighted by Gasteiger charge is -2.31. The number of hydrogen-bond acceptors (Lipinski definition) is 17. The van der Waals surface area contributed by atoms with Crippen LogP contribution in [0.15, 0.2) is 35.3 Å². The zero-order valence-corrected chi connectivity index (χ0v) is 51.9. The number of carbonyl (C=O) groups is 12. The standard InChI is InChI=1S/C56H95N15O16/c1-14-28(8)41(69-54(85)43(33(13)74)71-51(82)40(27(6)7)66-44(75)29(9)61-46(77)35(57)21-18-22-60-56(58)59)52(83)64-36(23-34-19-16-15-17-20-34)47(78)62-30(10)45(76)67-39(26(4)5)50(81)70-42(32(12)73)53(84)65-37(24-72)48(79)68-38(25(2)3)49(80)63-31(11)55(86)87/h15-17,19-20,25-33,35-43,72-74H,14,18,21-24,57H2,1-13H3,(H,61,77)(H,62,78)(H,63,80)(H,64,83)(H,65,84)(H,66,75)(H,67,76)(H,68,79)(H,69,85)(H,70,81)(H,71,82)(H,86,87)(H4,58,59,60)/t28-,29-,30-,31-,32+,33+,35-,36-,37-,38-,39-,40-,41-,42-,43-/m0/s1. The van der Waals surface area contributed by atoms with E-state index in [1.807, 2.05) is 0 Å². The van der Waals surface area contributed by atoms with Crippen molar-refractivity contribution in [3.63, 3.8) is 0 Å². The van der Waals surface area contributed by atoms with Gasteiger partial charge in [-0.25, -0.2) is 0 Å². The van der Waals surface area contributed by atoms with E-state index in [1.165, 1.54) is 27.7 Å². The van der Waals surface area contributed by atoms with Crippen LogP contribution in [0.4, 0.5) is 0 Å². The smallest absolute Gasteiger partial charge is 0.325 e. The molecule has 11 amide bonds. The van der Waals surface area contributed by atoms with Gasteiger partial charge in [-0.05, 0) is 76.7 Å². The van der Waals surface area contributed by atoms with Crippen LogP contribution in [-0.4, -0.2) is 195 Å². The van der Waals surface area contributed by atoms with Crippen molar-refractivity contribution >= 4 is 76.9 Å². The Morgan fingerprint density at radius 2 is 0.816 bits per heavy atom. The van der Waals surface area contributed by atoms with Crippen LogP contribution in [0.3, 0.4) is 0 Å². The number of aliphatic carboxylic acids is 1. The SMILES string of the molecule is CC[C@H](C)[C@H](NC(=O)[C@@H](NC(=O)[C@@H](NC(=O)[C@H](C)NC(=O)[C@@H](N)CCCN=C(N)N)C(C)C)[C@@H](C)O)C(=O)N[C@@H](Cc1ccccc1)C(=O)N[C@@H](C)C(=O)N[C@H](C(=O)N[C@H](C(=O)N[C@@H](CO)C(=O)N[C@H](C(=O)N[C@@H](C)C(=O)O)C(C)C)[C@@H](C)O)C(C)C. The molecule has 0 aromatic heterocycles. The van der Waals surface area contributed by atoms with Gasteiger partial charge in [-0.15, -0.1) is 0 Å². The minimum Gasteiger partial charge on any atom is -0.480 e. The summed E-state index contributed by atoms with van der Waals surface area (Å²) in [5.74, 6) is -14.0. The van der Waals surface area contributed by atoms with E-state index in [2.05, 4.69) is 63.5 Å². The number of nitrogens with zero attached hydrogens (tertiary/aromatic N) is 1. The zero-order chi connectivity index (χ0) is 66.7. The van der Waals surface area contributed by atoms with E-state index in [1.54, 1.807) is 85.7 Å². The molecule has 31 nitrogen and oxygen atoms in total. The predicted molar refractivity (Wildman–Crippen MR) is 318 cm³/mol. The third kappa shape index (κ3) is 26.2. The van der Waals surface area contributed by atoms with E-state index in [9.17, 15) is 78.0 Å². The summed E-state index contributed by atoms with van der Waals surface area (Å²) in [4.78, 5) is 165. The largest absolute Gasteiger partial charge is 0.480 e. The van der Waals surface area contributed by atoms with Crippen molar-refractivity contribution in [2.75, 3.05) is 13.2 Å². The van der Waals surface area contributed by atoms with Gasteiger partial charge in [0.25, 0.3) is 0 Å². The molecule has 0 aliphatic carbocycles. The molecule has 490 valence electrons. The van der Waals surface area contributed by atoms with Crippen molar-refractivity contribution in [2.45, 2.75) is 200 Å². The number of nitrogens with one attached hydrogen (secondary N) is 11. The van der Waals surface area contributed by atoms with Crippen LogP contribution in [0.25, 0.3) is 0 Å². The summed E-state index contributed by atoms with van der Waals surface area (Å²) in [5, 5.41) is 67.7. The number of carboxylic acid groups (broad SMARTS) is 1. The Bertz CT molecular complexity index is 2530. The molecule has 0 spiro atoms. The molecule has 1 aromatic carbocycles. The van der Waals surface area contributed by atoms with E-state index in [0.717, 1.165) is 6.92 Å². The molecule has 1 rings (SSSR count). The van der Waals surface area contributed by atoms with E-state index in [0.29, 0.717) is 18.4 Å². The lowest BCUT2D eigenvalue weighted by atomic mass is 9.96. The van der Waals surface area contributed by atoms with Crippen LogP contribution in [0.5, 0.6) is 0 Å². The lowest BCUT2D eigenvalue weighted by molar-refractivity contribution is -0.142. The quantitative estimate of drug-likeness (QED) is 0.0168. The molecule has 0 fully saturated rings. The maximum absolute atomic E-state index is 14.4. The fourth-order valence-corrected chi connectivity index (χ4v) is 8.21. The van der Waals surface area contributed by atoms with Gasteiger partial charge in [0.2, 0.25) is 65.0 Å². The normalized spacial score (nSPS) is 16.5. The molecule has 0 radical (unpaired) electrons. The molecular weight excluding hydrogens is 1140 g/mol. The minimum atomic E-state index is -1.79. The van der Waals surface area contributed by atoms with Crippen molar-refractivity contribution in [3.05, 3.63) is 35.9 Å². The Morgan fingerprint density at radius 1 is 0.460 bits per heavy atom. The van der Waals surface area contributed by atoms with Crippen LogP contribution in [0.1, 0.15) is 115 Å². The molecule has 1 aromatic rings. The fourth-order valence-electron chi connectivity index (χ4n) is 8.21. The third-order valence-corrected chi connectivity index (χ3v) is 13.9. The van der Waals surface area contributed by atoms with Crippen LogP contribution in [-0.2, 0) is 64.0 Å². The first kappa shape index (κ1) is 77.0. The van der Waals surface area contributed by atoms with E-state index in [4.69, 9.17) is 17.2 Å². The zero-order valence-electron chi connectivity index (χ0n) is 51.9. The number of rotatable bonds is 37. The van der Waals surface area contributed by atoms with Gasteiger partial charge >= 0.3 is 5.97 Å². The van der Waals surface area contributed by atoms with Crippen LogP contribution < -0.4 is 75.7 Å². The van der Waals surface area contributed by atoms with Crippen LogP contribution in [0.2, 0.25) is 0 Å². The Hall–Kier alpha value is -8.03. The lowest BCUT2D eigenvalue weighted by Crippen LogP contribution is -2.63. The highest BCUT2D eigenvalue weighted by Crippen LogP contribution is 2.14. The van der Waals surface area contributed by atoms with Gasteiger partial charge < -0.3 is 96.1 Å². The van der Waals surface area contributed by atoms with Crippen LogP contribution >= 0.6 is 0 Å². The summed E-state index contributed by atoms with van der Waals surface area (Å²) in [6.45, 7) is 18.2. The second-order valence-electron chi connectivity index (χ2n) is 22.6. The number of aliphatic imine (C=N–C) groups is 1. The number of hydrogen-bond donors (Lipinski definition) is 18. The van der Waals surface area contributed by atoms with Crippen molar-refractivity contribution in [2.24, 2.45) is 45.9 Å². The van der Waals surface area contributed by atoms with Crippen molar-refractivity contribution in [1.29, 1.82) is 0 Å². The van der Waals surface area contributed by atoms with E-state index < -0.39 is 186 Å². The molecule has 87 heavy (non-hydrogen) atoms. The second kappa shape index (κ2) is 37.5. The maximum Gasteiger partial charge on any atom is 0.325 e. The van der Waals surface area contributed by atoms with Gasteiger partial charge in [-0.1, -0.05) is 92.1 Å². The summed E-state index contributed by atoms with van der Waals surface area (Å²) in [6, 6.07) is -8.54. The minimum absolute atomic E-state index is 0.120. The average Bonchev–Trinajstić information content (AvgIpc) is 3.60. The fraction of sp³-hybridized carbons (Fsp3) is 0.661. The molecule has 0 bridgehead atoms. The second-order valence-corrected chi connectivity index (χ2v) is 22.6. The first-order chi connectivity index (χ1) is 40.5. The molecule has 21 N–H and O–H groups in total. The Balaban J connectivity index is 3.33. The molecule has 0 saturated heterocycles. The van der Waals surface area contributed by atoms with Gasteiger partial charge in [0, 0.05) is 13.0 Å². The van der Waals surface area contributed by atoms with Gasteiger partial charge in [0.15, 0.2) is 5.96 Å². The summed E-state index contributed by atoms with van der Waals surface area (Å²) in [7, 11) is 0. The topological polar surface area (TPSA) is 509 Å². The Labute approximate surface area is 507 Å². The molecule has 0 saturated carbocycles. The Morgan fingerprint density at radius 3 is 1.23 bits per heavy atom. The maximum atomic E-state index is 14.4. The third-order valence-electron chi connectivity index (χ3n) is 13.9. The highest BCUT2D eigenvalue weighted by atomic mass is 16.4. The number of benzene rings is 1. The predicted octanol–water partition coefficient (Wildman–Crippen LogP) is -5.14. The molecular formula is C56H95N15O16. The van der Waals surface area contributed by atoms with Gasteiger partial charge in [-0.3, -0.25) is 62.5 Å². The van der Waals surface area contributed by atoms with Gasteiger partial charge in [-0.2, -0.15) is 0 Å². The van der Waals surface area contributed by atoms with Gasteiger partial charge in [0.1, 0.15) is 66.5 Å². The molecule has 31 heteroatoms. The molecule has 0 aliphatic rings. The summed E-state index contributed by atoms with van der Waals surface area (Å²) >= 11 is 0. The Kier molecular flexibility index (Phi) is 33.2. The number of aliphatic hydroxyl groups excluding tert-OH is 3. The summed E-state index contributed by atoms with van der Waals surface area (Å²) < 4.78 is 0. The van der Waals surface area contributed by atoms with Crippen LogP contribution in [0, 0.1) is 23.7 Å². The van der Waals surface area contributed by atoms with Gasteiger partial charge in [0.05, 0.1) is 24.9 Å². The monoisotopic (exact) mass is 1230 g/mol. The summed E-state index contributed by atoms with van der Waals surface area (Å²) in [6.07, 6.45) is -2.47. The number of aliphatic hydroxyl groups is 3. The number of nitrogens with two attached hydrogens (primary N) is 3. The number of carbonyl (C=O) groups excluding carboxylic acids is 11. The molecule has 0 aliphatic heterocycles. The van der Waals surface area contributed by atoms with Crippen molar-refractivity contribution in [1.82, 2.24) is 58.5 Å². The number of guanidine groups is 1. The molecule has 0 heterocycles.